The molecule has 140 valence electrons. The summed E-state index contributed by atoms with van der Waals surface area (Å²) in [6.07, 6.45) is 8.08. The largest absolute Gasteiger partial charge is 0.366 e. The summed E-state index contributed by atoms with van der Waals surface area (Å²) in [6, 6.07) is 8.12. The van der Waals surface area contributed by atoms with E-state index in [1.54, 1.807) is 16.8 Å². The second-order valence-corrected chi connectivity index (χ2v) is 7.72. The van der Waals surface area contributed by atoms with Crippen molar-refractivity contribution in [2.24, 2.45) is 0 Å². The van der Waals surface area contributed by atoms with Crippen LogP contribution in [-0.2, 0) is 12.8 Å². The molecule has 0 bridgehead atoms. The van der Waals surface area contributed by atoms with Crippen molar-refractivity contribution in [2.75, 3.05) is 5.32 Å². The van der Waals surface area contributed by atoms with Crippen LogP contribution in [-0.4, -0.2) is 20.8 Å². The van der Waals surface area contributed by atoms with E-state index in [0.29, 0.717) is 5.56 Å². The maximum absolute atomic E-state index is 12.1. The zero-order valence-electron chi connectivity index (χ0n) is 15.7. The topological polar surface area (TPSA) is 83.6 Å². The lowest BCUT2D eigenvalue weighted by Crippen LogP contribution is -2.33. The molecule has 0 aliphatic heterocycles. The first-order valence-corrected chi connectivity index (χ1v) is 9.90. The molecule has 0 amide bonds. The van der Waals surface area contributed by atoms with Gasteiger partial charge in [-0.2, -0.15) is 10.4 Å². The van der Waals surface area contributed by atoms with E-state index >= 15 is 0 Å². The van der Waals surface area contributed by atoms with Gasteiger partial charge in [-0.25, -0.2) is 9.67 Å². The summed E-state index contributed by atoms with van der Waals surface area (Å²) in [6.45, 7) is 1.91. The molecule has 6 heteroatoms. The first kappa shape index (κ1) is 17.7. The first-order chi connectivity index (χ1) is 13.1. The van der Waals surface area contributed by atoms with Crippen molar-refractivity contribution in [3.8, 4) is 6.07 Å². The fourth-order valence-electron chi connectivity index (χ4n) is 4.27. The Labute approximate surface area is 159 Å². The molecule has 2 aromatic heterocycles. The Morgan fingerprint density at radius 1 is 1.19 bits per heavy atom. The van der Waals surface area contributed by atoms with E-state index in [1.807, 2.05) is 13.0 Å². The minimum atomic E-state index is -0.0277. The second kappa shape index (κ2) is 7.51. The number of nitrogens with one attached hydrogen (secondary N) is 1. The maximum atomic E-state index is 12.1. The molecular weight excluding hydrogens is 338 g/mol. The predicted octanol–water partition coefficient (Wildman–Crippen LogP) is 3.29. The fraction of sp³-hybridized carbons (Fsp3) is 0.524. The van der Waals surface area contributed by atoms with E-state index in [1.165, 1.54) is 18.4 Å². The van der Waals surface area contributed by atoms with Gasteiger partial charge in [-0.1, -0.05) is 0 Å². The van der Waals surface area contributed by atoms with Gasteiger partial charge in [0, 0.05) is 17.8 Å². The lowest BCUT2D eigenvalue weighted by atomic mass is 9.90. The molecule has 1 fully saturated rings. The summed E-state index contributed by atoms with van der Waals surface area (Å²) in [7, 11) is 0. The minimum absolute atomic E-state index is 0.0277. The molecule has 2 aromatic rings. The van der Waals surface area contributed by atoms with Crippen LogP contribution in [0.25, 0.3) is 0 Å². The Bertz CT molecular complexity index is 935. The molecule has 2 heterocycles. The Morgan fingerprint density at radius 3 is 2.74 bits per heavy atom. The molecule has 27 heavy (non-hydrogen) atoms. The van der Waals surface area contributed by atoms with Crippen molar-refractivity contribution in [1.29, 1.82) is 5.26 Å². The molecule has 2 aliphatic carbocycles. The van der Waals surface area contributed by atoms with Crippen molar-refractivity contribution in [1.82, 2.24) is 14.8 Å². The molecule has 1 N–H and O–H groups in total. The Morgan fingerprint density at radius 2 is 1.96 bits per heavy atom. The number of aromatic nitrogens is 3. The van der Waals surface area contributed by atoms with Gasteiger partial charge in [-0.05, 0) is 76.0 Å². The lowest BCUT2D eigenvalue weighted by molar-refractivity contribution is 0.302. The van der Waals surface area contributed by atoms with Crippen LogP contribution in [0.1, 0.15) is 67.1 Å². The standard InChI is InChI=1S/C21H25N5O/c1-14-6-11-20(27)26(25-14)18-9-7-17(8-10-18)23-21-16(13-22)12-15-4-2-3-5-19(15)24-21/h6,11-12,17-18H,2-5,7-10H2,1H3,(H,23,24). The summed E-state index contributed by atoms with van der Waals surface area (Å²) in [5, 5.41) is 17.4. The molecule has 0 atom stereocenters. The smallest absolute Gasteiger partial charge is 0.267 e. The zero-order chi connectivity index (χ0) is 18.8. The summed E-state index contributed by atoms with van der Waals surface area (Å²) < 4.78 is 1.64. The number of fused-ring (bicyclic) bond motifs is 1. The number of aryl methyl sites for hydroxylation is 3. The van der Waals surface area contributed by atoms with Gasteiger partial charge in [0.15, 0.2) is 0 Å². The SMILES string of the molecule is Cc1ccc(=O)n(C2CCC(Nc3nc4c(cc3C#N)CCCC4)CC2)n1. The quantitative estimate of drug-likeness (QED) is 0.905. The van der Waals surface area contributed by atoms with Crippen LogP contribution in [0.3, 0.4) is 0 Å². The van der Waals surface area contributed by atoms with E-state index in [9.17, 15) is 10.1 Å². The average Bonchev–Trinajstić information content (AvgIpc) is 2.70. The third kappa shape index (κ3) is 3.73. The molecule has 0 radical (unpaired) electrons. The van der Waals surface area contributed by atoms with Crippen molar-refractivity contribution >= 4 is 5.82 Å². The predicted molar refractivity (Wildman–Crippen MR) is 104 cm³/mol. The normalized spacial score (nSPS) is 21.9. The number of hydrogen-bond donors (Lipinski definition) is 1. The number of nitriles is 1. The van der Waals surface area contributed by atoms with Crippen LogP contribution in [0.5, 0.6) is 0 Å². The maximum Gasteiger partial charge on any atom is 0.267 e. The molecule has 0 aromatic carbocycles. The van der Waals surface area contributed by atoms with Gasteiger partial charge in [-0.3, -0.25) is 4.79 Å². The summed E-state index contributed by atoms with van der Waals surface area (Å²) in [5.41, 5.74) is 3.87. The number of anilines is 1. The van der Waals surface area contributed by atoms with E-state index < -0.39 is 0 Å². The molecule has 6 nitrogen and oxygen atoms in total. The summed E-state index contributed by atoms with van der Waals surface area (Å²) >= 11 is 0. The van der Waals surface area contributed by atoms with E-state index in [4.69, 9.17) is 4.98 Å². The van der Waals surface area contributed by atoms with Crippen LogP contribution in [0.15, 0.2) is 23.0 Å². The molecular formula is C21H25N5O. The number of rotatable bonds is 3. The molecule has 0 unspecified atom stereocenters. The Kier molecular flexibility index (Phi) is 4.93. The third-order valence-corrected chi connectivity index (χ3v) is 5.76. The monoisotopic (exact) mass is 363 g/mol. The van der Waals surface area contributed by atoms with Crippen molar-refractivity contribution in [3.63, 3.8) is 0 Å². The van der Waals surface area contributed by atoms with Gasteiger partial charge in [0.1, 0.15) is 11.9 Å². The van der Waals surface area contributed by atoms with Gasteiger partial charge in [0.2, 0.25) is 0 Å². The van der Waals surface area contributed by atoms with Crippen molar-refractivity contribution in [2.45, 2.75) is 70.4 Å². The van der Waals surface area contributed by atoms with Crippen LogP contribution >= 0.6 is 0 Å². The van der Waals surface area contributed by atoms with Crippen LogP contribution in [0, 0.1) is 18.3 Å². The highest BCUT2D eigenvalue weighted by molar-refractivity contribution is 5.55. The molecule has 0 spiro atoms. The highest BCUT2D eigenvalue weighted by atomic mass is 16.1. The Balaban J connectivity index is 1.46. The molecule has 1 saturated carbocycles. The van der Waals surface area contributed by atoms with Crippen molar-refractivity contribution in [3.05, 3.63) is 51.1 Å². The summed E-state index contributed by atoms with van der Waals surface area (Å²) in [4.78, 5) is 16.9. The molecule has 2 aliphatic rings. The van der Waals surface area contributed by atoms with Crippen LogP contribution in [0.4, 0.5) is 5.82 Å². The first-order valence-electron chi connectivity index (χ1n) is 9.90. The highest BCUT2D eigenvalue weighted by Gasteiger charge is 2.25. The number of hydrogen-bond acceptors (Lipinski definition) is 5. The average molecular weight is 363 g/mol. The molecule has 4 rings (SSSR count). The minimum Gasteiger partial charge on any atom is -0.366 e. The van der Waals surface area contributed by atoms with E-state index in [2.05, 4.69) is 16.5 Å². The number of nitrogens with zero attached hydrogens (tertiary/aromatic N) is 4. The third-order valence-electron chi connectivity index (χ3n) is 5.76. The van der Waals surface area contributed by atoms with Gasteiger partial charge in [0.25, 0.3) is 5.56 Å². The van der Waals surface area contributed by atoms with Gasteiger partial charge in [0.05, 0.1) is 17.3 Å². The fourth-order valence-corrected chi connectivity index (χ4v) is 4.27. The Hall–Kier alpha value is -2.68. The summed E-state index contributed by atoms with van der Waals surface area (Å²) in [5.74, 6) is 0.729. The van der Waals surface area contributed by atoms with E-state index in [-0.39, 0.29) is 17.6 Å². The second-order valence-electron chi connectivity index (χ2n) is 7.72. The van der Waals surface area contributed by atoms with Gasteiger partial charge < -0.3 is 5.32 Å². The van der Waals surface area contributed by atoms with Gasteiger partial charge in [-0.15, -0.1) is 0 Å². The lowest BCUT2D eigenvalue weighted by Gasteiger charge is -2.30. The highest BCUT2D eigenvalue weighted by Crippen LogP contribution is 2.30. The molecule has 0 saturated heterocycles. The van der Waals surface area contributed by atoms with Crippen molar-refractivity contribution < 1.29 is 0 Å². The van der Waals surface area contributed by atoms with Gasteiger partial charge >= 0.3 is 0 Å². The van der Waals surface area contributed by atoms with E-state index in [0.717, 1.165) is 55.7 Å². The number of pyridine rings is 1. The van der Waals surface area contributed by atoms with Crippen LogP contribution in [0.2, 0.25) is 0 Å². The van der Waals surface area contributed by atoms with Crippen LogP contribution < -0.4 is 10.9 Å². The zero-order valence-corrected chi connectivity index (χ0v) is 15.7.